The first-order valence-electron chi connectivity index (χ1n) is 6.27. The molecule has 1 fully saturated rings. The normalized spacial score (nSPS) is 18.9. The van der Waals surface area contributed by atoms with Gasteiger partial charge in [-0.05, 0) is 29.9 Å². The van der Waals surface area contributed by atoms with E-state index < -0.39 is 10.0 Å². The van der Waals surface area contributed by atoms with Crippen LogP contribution in [-0.4, -0.2) is 39.0 Å². The number of sulfonamides is 1. The van der Waals surface area contributed by atoms with Crippen LogP contribution in [0.15, 0.2) is 29.2 Å². The molecule has 20 heavy (non-hydrogen) atoms. The number of nitrogens with one attached hydrogen (secondary N) is 1. The molecule has 1 unspecified atom stereocenters. The number of hydrogen-bond donors (Lipinski definition) is 1. The second-order valence-electron chi connectivity index (χ2n) is 4.58. The van der Waals surface area contributed by atoms with E-state index in [9.17, 15) is 13.2 Å². The van der Waals surface area contributed by atoms with Gasteiger partial charge in [-0.25, -0.2) is 13.1 Å². The number of carbonyl (C=O) groups is 1. The topological polar surface area (TPSA) is 72.5 Å². The van der Waals surface area contributed by atoms with Gasteiger partial charge in [-0.2, -0.15) is 11.8 Å². The summed E-state index contributed by atoms with van der Waals surface area (Å²) in [5, 5.41) is 0. The molecule has 1 aromatic carbocycles. The van der Waals surface area contributed by atoms with Crippen LogP contribution in [0.4, 0.5) is 0 Å². The van der Waals surface area contributed by atoms with Gasteiger partial charge in [0.1, 0.15) is 0 Å². The van der Waals surface area contributed by atoms with Crippen molar-refractivity contribution in [2.45, 2.75) is 23.8 Å². The molecular weight excluding hydrogens is 298 g/mol. The summed E-state index contributed by atoms with van der Waals surface area (Å²) in [6, 6.07) is 6.31. The smallest absolute Gasteiger partial charge is 0.309 e. The maximum absolute atomic E-state index is 12.2. The van der Waals surface area contributed by atoms with E-state index in [1.807, 2.05) is 0 Å². The standard InChI is InChI=1S/C13H17NO4S2/c1-18-13(15)8-10-2-4-12(5-3-10)20(16,17)14-11-6-7-19-9-11/h2-5,11,14H,6-9H2,1H3. The fraction of sp³-hybridized carbons (Fsp3) is 0.462. The fourth-order valence-electron chi connectivity index (χ4n) is 1.94. The van der Waals surface area contributed by atoms with Crippen molar-refractivity contribution in [3.05, 3.63) is 29.8 Å². The Labute approximate surface area is 123 Å². The van der Waals surface area contributed by atoms with E-state index in [0.717, 1.165) is 23.5 Å². The van der Waals surface area contributed by atoms with Gasteiger partial charge in [-0.1, -0.05) is 12.1 Å². The third kappa shape index (κ3) is 3.97. The molecule has 0 spiro atoms. The molecule has 1 aromatic rings. The van der Waals surface area contributed by atoms with Crippen LogP contribution >= 0.6 is 11.8 Å². The van der Waals surface area contributed by atoms with Crippen LogP contribution in [0.1, 0.15) is 12.0 Å². The van der Waals surface area contributed by atoms with Crippen molar-refractivity contribution in [2.75, 3.05) is 18.6 Å². The van der Waals surface area contributed by atoms with E-state index in [4.69, 9.17) is 0 Å². The summed E-state index contributed by atoms with van der Waals surface area (Å²) in [6.45, 7) is 0. The van der Waals surface area contributed by atoms with Crippen molar-refractivity contribution in [1.82, 2.24) is 4.72 Å². The Hall–Kier alpha value is -1.05. The molecule has 7 heteroatoms. The zero-order chi connectivity index (χ0) is 14.6. The Morgan fingerprint density at radius 3 is 2.65 bits per heavy atom. The molecule has 5 nitrogen and oxygen atoms in total. The predicted molar refractivity (Wildman–Crippen MR) is 78.2 cm³/mol. The van der Waals surface area contributed by atoms with Gasteiger partial charge in [0, 0.05) is 11.8 Å². The average Bonchev–Trinajstić information content (AvgIpc) is 2.91. The summed E-state index contributed by atoms with van der Waals surface area (Å²) in [5.41, 5.74) is 0.729. The van der Waals surface area contributed by atoms with Crippen molar-refractivity contribution < 1.29 is 17.9 Å². The van der Waals surface area contributed by atoms with E-state index >= 15 is 0 Å². The number of ether oxygens (including phenoxy) is 1. The maximum Gasteiger partial charge on any atom is 0.309 e. The first kappa shape index (κ1) is 15.3. The zero-order valence-electron chi connectivity index (χ0n) is 11.2. The van der Waals surface area contributed by atoms with Crippen LogP contribution in [0.25, 0.3) is 0 Å². The van der Waals surface area contributed by atoms with Gasteiger partial charge in [-0.3, -0.25) is 4.79 Å². The molecule has 1 N–H and O–H groups in total. The van der Waals surface area contributed by atoms with Gasteiger partial charge >= 0.3 is 5.97 Å². The summed E-state index contributed by atoms with van der Waals surface area (Å²) in [6.07, 6.45) is 1.01. The molecule has 110 valence electrons. The summed E-state index contributed by atoms with van der Waals surface area (Å²) in [7, 11) is -2.15. The fourth-order valence-corrected chi connectivity index (χ4v) is 4.47. The molecule has 1 aliphatic heterocycles. The summed E-state index contributed by atoms with van der Waals surface area (Å²) in [4.78, 5) is 11.4. The van der Waals surface area contributed by atoms with Gasteiger partial charge in [0.15, 0.2) is 0 Å². The predicted octanol–water partition coefficient (Wildman–Crippen LogP) is 1.19. The lowest BCUT2D eigenvalue weighted by atomic mass is 10.2. The SMILES string of the molecule is COC(=O)Cc1ccc(S(=O)(=O)NC2CCSC2)cc1. The highest BCUT2D eigenvalue weighted by atomic mass is 32.2. The van der Waals surface area contributed by atoms with Gasteiger partial charge in [0.2, 0.25) is 10.0 Å². The quantitative estimate of drug-likeness (QED) is 0.826. The number of hydrogen-bond acceptors (Lipinski definition) is 5. The van der Waals surface area contributed by atoms with Crippen LogP contribution in [0, 0.1) is 0 Å². The van der Waals surface area contributed by atoms with Crippen molar-refractivity contribution in [3.63, 3.8) is 0 Å². The molecule has 1 heterocycles. The minimum atomic E-state index is -3.47. The van der Waals surface area contributed by atoms with Crippen LogP contribution in [0.5, 0.6) is 0 Å². The number of benzene rings is 1. The van der Waals surface area contributed by atoms with E-state index in [1.54, 1.807) is 23.9 Å². The van der Waals surface area contributed by atoms with Gasteiger partial charge in [0.25, 0.3) is 0 Å². The minimum Gasteiger partial charge on any atom is -0.469 e. The lowest BCUT2D eigenvalue weighted by Gasteiger charge is -2.12. The van der Waals surface area contributed by atoms with Crippen molar-refractivity contribution >= 4 is 27.8 Å². The molecule has 0 aliphatic carbocycles. The number of thioether (sulfide) groups is 1. The Balaban J connectivity index is 2.06. The van der Waals surface area contributed by atoms with Crippen molar-refractivity contribution in [3.8, 4) is 0 Å². The molecule has 0 aromatic heterocycles. The summed E-state index contributed by atoms with van der Waals surface area (Å²) >= 11 is 1.75. The summed E-state index contributed by atoms with van der Waals surface area (Å²) < 4.78 is 31.6. The Morgan fingerprint density at radius 2 is 2.10 bits per heavy atom. The van der Waals surface area contributed by atoms with Gasteiger partial charge in [-0.15, -0.1) is 0 Å². The number of esters is 1. The molecule has 0 radical (unpaired) electrons. The molecule has 0 bridgehead atoms. The van der Waals surface area contributed by atoms with Crippen LogP contribution < -0.4 is 4.72 Å². The lowest BCUT2D eigenvalue weighted by molar-refractivity contribution is -0.139. The highest BCUT2D eigenvalue weighted by Crippen LogP contribution is 2.20. The van der Waals surface area contributed by atoms with E-state index in [-0.39, 0.29) is 23.3 Å². The minimum absolute atomic E-state index is 0.0137. The lowest BCUT2D eigenvalue weighted by Crippen LogP contribution is -2.34. The van der Waals surface area contributed by atoms with Crippen molar-refractivity contribution in [2.24, 2.45) is 0 Å². The third-order valence-electron chi connectivity index (χ3n) is 3.06. The maximum atomic E-state index is 12.2. The first-order chi connectivity index (χ1) is 9.51. The van der Waals surface area contributed by atoms with Crippen molar-refractivity contribution in [1.29, 1.82) is 0 Å². The van der Waals surface area contributed by atoms with Crippen LogP contribution in [-0.2, 0) is 26.0 Å². The van der Waals surface area contributed by atoms with E-state index in [2.05, 4.69) is 9.46 Å². The Kier molecular flexibility index (Phi) is 5.06. The second-order valence-corrected chi connectivity index (χ2v) is 7.44. The molecule has 2 rings (SSSR count). The first-order valence-corrected chi connectivity index (χ1v) is 8.91. The molecule has 0 saturated carbocycles. The van der Waals surface area contributed by atoms with Gasteiger partial charge < -0.3 is 4.74 Å². The number of methoxy groups -OCH3 is 1. The molecule has 1 atom stereocenters. The Bertz CT molecular complexity index is 563. The Morgan fingerprint density at radius 1 is 1.40 bits per heavy atom. The molecular formula is C13H17NO4S2. The van der Waals surface area contributed by atoms with Crippen LogP contribution in [0.2, 0.25) is 0 Å². The average molecular weight is 315 g/mol. The van der Waals surface area contributed by atoms with Crippen LogP contribution in [0.3, 0.4) is 0 Å². The number of carbonyl (C=O) groups excluding carboxylic acids is 1. The largest absolute Gasteiger partial charge is 0.469 e. The molecule has 1 aliphatic rings. The highest BCUT2D eigenvalue weighted by Gasteiger charge is 2.23. The third-order valence-corrected chi connectivity index (χ3v) is 5.76. The summed E-state index contributed by atoms with van der Waals surface area (Å²) in [5.74, 6) is 1.46. The molecule has 1 saturated heterocycles. The zero-order valence-corrected chi connectivity index (χ0v) is 12.8. The molecule has 0 amide bonds. The monoisotopic (exact) mass is 315 g/mol. The van der Waals surface area contributed by atoms with E-state index in [1.165, 1.54) is 19.2 Å². The number of rotatable bonds is 5. The highest BCUT2D eigenvalue weighted by molar-refractivity contribution is 7.99. The van der Waals surface area contributed by atoms with E-state index in [0.29, 0.717) is 0 Å². The van der Waals surface area contributed by atoms with Gasteiger partial charge in [0.05, 0.1) is 18.4 Å². The second kappa shape index (κ2) is 6.60.